The Labute approximate surface area is 423 Å². The van der Waals surface area contributed by atoms with Gasteiger partial charge in [0.2, 0.25) is 0 Å². The Bertz CT molecular complexity index is 5040. The second-order valence-electron chi connectivity index (χ2n) is 19.3. The van der Waals surface area contributed by atoms with Crippen LogP contribution < -0.4 is 0 Å². The maximum atomic E-state index is 2.50. The molecule has 0 radical (unpaired) electrons. The van der Waals surface area contributed by atoms with Crippen LogP contribution in [0.4, 0.5) is 0 Å². The van der Waals surface area contributed by atoms with Gasteiger partial charge >= 0.3 is 0 Å². The van der Waals surface area contributed by atoms with Gasteiger partial charge in [0.15, 0.2) is 0 Å². The summed E-state index contributed by atoms with van der Waals surface area (Å²) in [5.41, 5.74) is 13.7. The van der Waals surface area contributed by atoms with Crippen LogP contribution >= 0.6 is 11.3 Å². The fourth-order valence-electron chi connectivity index (χ4n) is 12.2. The van der Waals surface area contributed by atoms with Crippen molar-refractivity contribution in [2.75, 3.05) is 0 Å². The molecule has 340 valence electrons. The largest absolute Gasteiger partial charge is 0.310 e. The fraction of sp³-hybridized carbons (Fsp3) is 0. The van der Waals surface area contributed by atoms with Crippen LogP contribution in [0.3, 0.4) is 0 Å². The summed E-state index contributed by atoms with van der Waals surface area (Å²) in [7, 11) is 0. The number of aromatic nitrogens is 4. The Morgan fingerprint density at radius 2 is 0.685 bits per heavy atom. The minimum absolute atomic E-state index is 1.09. The average Bonchev–Trinajstić information content (AvgIpc) is 4.12. The zero-order valence-corrected chi connectivity index (χ0v) is 40.3. The molecule has 0 atom stereocenters. The molecule has 8 bridgehead atoms. The van der Waals surface area contributed by atoms with Gasteiger partial charge in [-0.05, 0) is 131 Å². The molecule has 0 aliphatic carbocycles. The normalized spacial score (nSPS) is 12.1. The van der Waals surface area contributed by atoms with E-state index in [1.807, 2.05) is 11.3 Å². The quantitative estimate of drug-likeness (QED) is 0.168. The zero-order valence-electron chi connectivity index (χ0n) is 39.4. The van der Waals surface area contributed by atoms with E-state index < -0.39 is 0 Å². The summed E-state index contributed by atoms with van der Waals surface area (Å²) < 4.78 is 12.4. The van der Waals surface area contributed by atoms with Gasteiger partial charge in [-0.3, -0.25) is 0 Å². The third-order valence-electron chi connectivity index (χ3n) is 15.3. The molecule has 0 N–H and O–H groups in total. The monoisotopic (exact) mass is 946 g/mol. The molecule has 0 aliphatic heterocycles. The van der Waals surface area contributed by atoms with Gasteiger partial charge in [0.05, 0.1) is 39.1 Å². The summed E-state index contributed by atoms with van der Waals surface area (Å²) in [4.78, 5) is 0. The molecular formula is C68H42N4S. The van der Waals surface area contributed by atoms with Crippen molar-refractivity contribution in [3.05, 3.63) is 255 Å². The van der Waals surface area contributed by atoms with Crippen molar-refractivity contribution in [3.8, 4) is 22.7 Å². The van der Waals surface area contributed by atoms with Crippen LogP contribution in [0.15, 0.2) is 255 Å². The Kier molecular flexibility index (Phi) is 8.58. The van der Waals surface area contributed by atoms with E-state index >= 15 is 0 Å². The number of benzene rings is 12. The molecule has 4 heterocycles. The molecule has 16 aromatic rings. The Hall–Kier alpha value is -9.42. The molecule has 4 nitrogen and oxygen atoms in total. The number of rotatable bonds is 4. The summed E-state index contributed by atoms with van der Waals surface area (Å²) in [5.74, 6) is 0. The highest BCUT2D eigenvalue weighted by Crippen LogP contribution is 2.42. The SMILES string of the molecule is c1ccc2c(-n3c4ccccc4c4cc(-n5c6cccc(c6)c6cccc(c6)n(-c6cccc7c8ccccc8n(-c8cccc9ccccc89)c67)c6ccc7sc8ccc5cc8c7c6)ccc43)cccc2c1. The number of hydrogen-bond acceptors (Lipinski definition) is 1. The Morgan fingerprint density at radius 3 is 1.36 bits per heavy atom. The molecule has 16 rings (SSSR count). The molecule has 73 heavy (non-hydrogen) atoms. The lowest BCUT2D eigenvalue weighted by atomic mass is 10.1. The highest BCUT2D eigenvalue weighted by atomic mass is 32.1. The molecule has 4 aromatic heterocycles. The molecule has 12 aromatic carbocycles. The predicted octanol–water partition coefficient (Wildman–Crippen LogP) is 18.7. The standard InChI is InChI=1S/C68H42N4S/c1-3-22-52-43(14-1)16-11-29-60(52)71-62-27-7-6-25-55(62)57-40-49(32-35-64(57)71)69-47-20-9-18-45(38-47)46-19-10-21-48(39-46)70(51-34-37-67-59(42-51)58-41-50(69)33-36-66(58)73-67)65-31-13-26-56-54-24-5-8-28-63(54)72(68(56)65)61-30-12-17-44-15-2-4-23-53(44)61/h1-42H. The molecule has 0 saturated heterocycles. The maximum absolute atomic E-state index is 2.50. The molecule has 0 unspecified atom stereocenters. The van der Waals surface area contributed by atoms with E-state index in [0.29, 0.717) is 0 Å². The van der Waals surface area contributed by atoms with E-state index in [4.69, 9.17) is 0 Å². The second kappa shape index (κ2) is 15.5. The highest BCUT2D eigenvalue weighted by Gasteiger charge is 2.20. The van der Waals surface area contributed by atoms with Crippen LogP contribution in [0.25, 0.3) is 141 Å². The van der Waals surface area contributed by atoms with Crippen LogP contribution in [0, 0.1) is 0 Å². The summed E-state index contributed by atoms with van der Waals surface area (Å²) in [6.45, 7) is 0. The van der Waals surface area contributed by atoms with Crippen LogP contribution in [0.1, 0.15) is 0 Å². The van der Waals surface area contributed by atoms with E-state index in [1.54, 1.807) is 0 Å². The van der Waals surface area contributed by atoms with E-state index in [-0.39, 0.29) is 0 Å². The number of fused-ring (bicyclic) bond motifs is 15. The second-order valence-corrected chi connectivity index (χ2v) is 20.4. The minimum Gasteiger partial charge on any atom is -0.310 e. The summed E-state index contributed by atoms with van der Waals surface area (Å²) in [5, 5.41) is 14.5. The maximum Gasteiger partial charge on any atom is 0.0782 e. The highest BCUT2D eigenvalue weighted by molar-refractivity contribution is 7.25. The van der Waals surface area contributed by atoms with Gasteiger partial charge in [0.1, 0.15) is 0 Å². The van der Waals surface area contributed by atoms with Crippen molar-refractivity contribution < 1.29 is 0 Å². The molecule has 0 aliphatic rings. The van der Waals surface area contributed by atoms with Crippen LogP contribution in [-0.2, 0) is 0 Å². The molecule has 0 saturated carbocycles. The van der Waals surface area contributed by atoms with E-state index in [0.717, 1.165) is 49.9 Å². The molecule has 0 spiro atoms. The van der Waals surface area contributed by atoms with Crippen molar-refractivity contribution in [1.82, 2.24) is 18.3 Å². The summed E-state index contributed by atoms with van der Waals surface area (Å²) >= 11 is 1.86. The van der Waals surface area contributed by atoms with Crippen molar-refractivity contribution in [2.24, 2.45) is 0 Å². The van der Waals surface area contributed by atoms with Gasteiger partial charge < -0.3 is 18.3 Å². The Morgan fingerprint density at radius 1 is 0.233 bits per heavy atom. The number of hydrogen-bond donors (Lipinski definition) is 0. The summed E-state index contributed by atoms with van der Waals surface area (Å²) in [6, 6.07) is 94.7. The van der Waals surface area contributed by atoms with Gasteiger partial charge in [0.25, 0.3) is 0 Å². The first-order valence-electron chi connectivity index (χ1n) is 25.0. The molecule has 0 amide bonds. The summed E-state index contributed by atoms with van der Waals surface area (Å²) in [6.07, 6.45) is 0. The van der Waals surface area contributed by atoms with Crippen molar-refractivity contribution in [1.29, 1.82) is 0 Å². The lowest BCUT2D eigenvalue weighted by Crippen LogP contribution is -2.02. The first kappa shape index (κ1) is 40.3. The lowest BCUT2D eigenvalue weighted by Gasteiger charge is -2.17. The molecule has 5 heteroatoms. The minimum atomic E-state index is 1.09. The first-order chi connectivity index (χ1) is 36.2. The number of nitrogens with zero attached hydrogens (tertiary/aromatic N) is 4. The lowest BCUT2D eigenvalue weighted by molar-refractivity contribution is 1.13. The van der Waals surface area contributed by atoms with E-state index in [9.17, 15) is 0 Å². The molecule has 0 fully saturated rings. The fourth-order valence-corrected chi connectivity index (χ4v) is 13.2. The van der Waals surface area contributed by atoms with Gasteiger partial charge in [-0.15, -0.1) is 11.3 Å². The Balaban J connectivity index is 1.00. The van der Waals surface area contributed by atoms with Crippen LogP contribution in [0.2, 0.25) is 0 Å². The average molecular weight is 947 g/mol. The first-order valence-corrected chi connectivity index (χ1v) is 25.8. The third-order valence-corrected chi connectivity index (χ3v) is 16.5. The van der Waals surface area contributed by atoms with Crippen molar-refractivity contribution in [2.45, 2.75) is 0 Å². The van der Waals surface area contributed by atoms with Crippen molar-refractivity contribution in [3.63, 3.8) is 0 Å². The number of thiophene rings is 1. The van der Waals surface area contributed by atoms with E-state index in [1.165, 1.54) is 91.0 Å². The van der Waals surface area contributed by atoms with Gasteiger partial charge in [-0.2, -0.15) is 0 Å². The van der Waals surface area contributed by atoms with Gasteiger partial charge in [-0.25, -0.2) is 0 Å². The van der Waals surface area contributed by atoms with E-state index in [2.05, 4.69) is 273 Å². The third kappa shape index (κ3) is 6.00. The van der Waals surface area contributed by atoms with Gasteiger partial charge in [-0.1, -0.05) is 146 Å². The van der Waals surface area contributed by atoms with Crippen LogP contribution in [0.5, 0.6) is 0 Å². The van der Waals surface area contributed by atoms with Gasteiger partial charge in [0, 0.05) is 80.2 Å². The predicted molar refractivity (Wildman–Crippen MR) is 312 cm³/mol. The topological polar surface area (TPSA) is 19.7 Å². The van der Waals surface area contributed by atoms with Crippen LogP contribution in [-0.4, -0.2) is 18.3 Å². The zero-order chi connectivity index (χ0) is 47.7. The molecular weight excluding hydrogens is 905 g/mol. The van der Waals surface area contributed by atoms with Crippen molar-refractivity contribution >= 4 is 130 Å². The smallest absolute Gasteiger partial charge is 0.0782 e. The number of para-hydroxylation sites is 3.